The maximum Gasteiger partial charge on any atom is 0.0583 e. The molecular formula is C102H84N4. The van der Waals surface area contributed by atoms with E-state index < -0.39 is 5.41 Å². The van der Waals surface area contributed by atoms with Crippen LogP contribution in [0.2, 0.25) is 0 Å². The fourth-order valence-electron chi connectivity index (χ4n) is 20.7. The first-order chi connectivity index (χ1) is 51.1. The van der Waals surface area contributed by atoms with Gasteiger partial charge in [0, 0.05) is 94.4 Å². The molecule has 1 aromatic heterocycles. The Bertz CT molecular complexity index is 6150. The van der Waals surface area contributed by atoms with E-state index in [0.29, 0.717) is 0 Å². The number of benzene rings is 14. The Morgan fingerprint density at radius 1 is 0.189 bits per heavy atom. The molecule has 0 bridgehead atoms. The molecule has 0 unspecified atom stereocenters. The van der Waals surface area contributed by atoms with E-state index in [9.17, 15) is 0 Å². The normalized spacial score (nSPS) is 16.2. The molecule has 0 fully saturated rings. The minimum absolute atomic E-state index is 0.198. The first kappa shape index (κ1) is 62.8. The number of hydrogen-bond acceptors (Lipinski definition) is 3. The molecular weight excluding hydrogens is 1280 g/mol. The van der Waals surface area contributed by atoms with Gasteiger partial charge in [-0.1, -0.05) is 253 Å². The van der Waals surface area contributed by atoms with Crippen molar-refractivity contribution in [1.29, 1.82) is 0 Å². The van der Waals surface area contributed by atoms with Crippen LogP contribution < -0.4 is 14.7 Å². The van der Waals surface area contributed by atoms with Gasteiger partial charge in [-0.05, 0) is 244 Å². The molecule has 0 spiro atoms. The molecule has 0 N–H and O–H groups in total. The van der Waals surface area contributed by atoms with Gasteiger partial charge in [0.2, 0.25) is 0 Å². The van der Waals surface area contributed by atoms with Crippen LogP contribution in [0.15, 0.2) is 291 Å². The van der Waals surface area contributed by atoms with Gasteiger partial charge in [0.25, 0.3) is 0 Å². The lowest BCUT2D eigenvalue weighted by molar-refractivity contribution is 0.630. The fraction of sp³-hybridized carbons (Fsp3) is 0.176. The Morgan fingerprint density at radius 2 is 0.443 bits per heavy atom. The Labute approximate surface area is 623 Å². The highest BCUT2D eigenvalue weighted by Crippen LogP contribution is 2.60. The van der Waals surface area contributed by atoms with E-state index in [4.69, 9.17) is 0 Å². The minimum Gasteiger partial charge on any atom is -0.310 e. The lowest BCUT2D eigenvalue weighted by atomic mass is 9.74. The summed E-state index contributed by atoms with van der Waals surface area (Å²) in [6, 6.07) is 112. The first-order valence-electron chi connectivity index (χ1n) is 38.1. The molecule has 512 valence electrons. The maximum absolute atomic E-state index is 2.63. The summed E-state index contributed by atoms with van der Waals surface area (Å²) in [4.78, 5) is 7.66. The maximum atomic E-state index is 2.63. The summed E-state index contributed by atoms with van der Waals surface area (Å²) in [6.45, 7) is 29.0. The summed E-state index contributed by atoms with van der Waals surface area (Å²) in [6.07, 6.45) is 0. The lowest BCUT2D eigenvalue weighted by Crippen LogP contribution is -2.27. The second-order valence-electron chi connectivity index (χ2n) is 34.1. The largest absolute Gasteiger partial charge is 0.310 e. The SMILES string of the molecule is CC1(C)c2ccccc2-c2ccc(N(c3ccc4c(c3)C(C)(C)c3ccccc3-4)c3ccc4c(c3)C(C)(C)c3cc(N(c5ccccc5)c5ccc6c(c5)C(C)(C)c5ccccc5-6)cc5c6cc(N(c7ccc8c(c7)C(C)(C)c7ccccc7-8)c7ccc8c(c7)C(C)(C)c7ccccc7-8)ccc6n-4c35)cc21. The molecule has 106 heavy (non-hydrogen) atoms. The van der Waals surface area contributed by atoms with Crippen LogP contribution in [-0.2, 0) is 32.5 Å². The van der Waals surface area contributed by atoms with Crippen LogP contribution >= 0.6 is 0 Å². The average molecular weight is 1370 g/mol. The summed E-state index contributed by atoms with van der Waals surface area (Å²) < 4.78 is 2.63. The van der Waals surface area contributed by atoms with Crippen molar-refractivity contribution < 1.29 is 0 Å². The Hall–Kier alpha value is -11.7. The smallest absolute Gasteiger partial charge is 0.0583 e. The Kier molecular flexibility index (Phi) is 12.7. The van der Waals surface area contributed by atoms with Crippen molar-refractivity contribution in [3.63, 3.8) is 0 Å². The molecule has 0 atom stereocenters. The molecule has 14 aromatic carbocycles. The second kappa shape index (κ2) is 21.5. The van der Waals surface area contributed by atoms with E-state index in [1.54, 1.807) is 0 Å². The predicted octanol–water partition coefficient (Wildman–Crippen LogP) is 27.4. The molecule has 6 aliphatic rings. The summed E-state index contributed by atoms with van der Waals surface area (Å²) >= 11 is 0. The van der Waals surface area contributed by atoms with Crippen molar-refractivity contribution in [2.75, 3.05) is 14.7 Å². The number of nitrogens with zero attached hydrogens (tertiary/aromatic N) is 4. The van der Waals surface area contributed by atoms with Crippen LogP contribution in [0.25, 0.3) is 83.1 Å². The van der Waals surface area contributed by atoms with Crippen molar-refractivity contribution in [2.24, 2.45) is 0 Å². The summed E-state index contributed by atoms with van der Waals surface area (Å²) in [5.41, 5.74) is 41.4. The Balaban J connectivity index is 0.809. The average Bonchev–Trinajstić information content (AvgIpc) is 1.62. The highest BCUT2D eigenvalue weighted by molar-refractivity contribution is 6.15. The van der Waals surface area contributed by atoms with Crippen LogP contribution in [-0.4, -0.2) is 4.57 Å². The third-order valence-corrected chi connectivity index (χ3v) is 26.3. The number of aromatic nitrogens is 1. The molecule has 2 heterocycles. The van der Waals surface area contributed by atoms with Gasteiger partial charge in [-0.25, -0.2) is 0 Å². The van der Waals surface area contributed by atoms with Crippen molar-refractivity contribution in [1.82, 2.24) is 4.57 Å². The molecule has 5 aliphatic carbocycles. The zero-order chi connectivity index (χ0) is 72.0. The molecule has 0 saturated heterocycles. The standard InChI is InChI=1S/C102H84N4/c1-97(2)82-33-21-16-28-70(82)75-45-38-63(54-87(75)97)103(61-26-14-13-15-27-61)69-53-81-80-52-62(104(64-39-46-76-71-29-17-22-34-83(71)98(3,4)88(76)55-64)65-40-47-77-72-30-18-23-35-84(72)99(5,6)89(77)56-65)43-50-94(80)106-95-51-44-68(59-92(95)102(11,12)93(60-69)96(81)106)105(66-41-48-78-73-31-19-24-36-85(73)100(7,8)90(78)57-66)67-42-49-79-74-32-20-25-37-86(74)101(9,10)91(79)58-67/h13-60H,1-12H3. The van der Waals surface area contributed by atoms with E-state index in [1.165, 1.54) is 150 Å². The zero-order valence-corrected chi connectivity index (χ0v) is 62.5. The van der Waals surface area contributed by atoms with Crippen LogP contribution in [0, 0.1) is 0 Å². The predicted molar refractivity (Wildman–Crippen MR) is 445 cm³/mol. The van der Waals surface area contributed by atoms with Gasteiger partial charge >= 0.3 is 0 Å². The summed E-state index contributed by atoms with van der Waals surface area (Å²) in [5.74, 6) is 0. The van der Waals surface area contributed by atoms with Gasteiger partial charge in [-0.2, -0.15) is 0 Å². The van der Waals surface area contributed by atoms with Gasteiger partial charge in [-0.3, -0.25) is 0 Å². The Morgan fingerprint density at radius 3 is 0.802 bits per heavy atom. The van der Waals surface area contributed by atoms with Gasteiger partial charge in [0.05, 0.1) is 16.7 Å². The van der Waals surface area contributed by atoms with Crippen molar-refractivity contribution in [3.8, 4) is 61.3 Å². The molecule has 1 aliphatic heterocycles. The number of rotatable bonds is 9. The van der Waals surface area contributed by atoms with Gasteiger partial charge < -0.3 is 19.3 Å². The fourth-order valence-corrected chi connectivity index (χ4v) is 20.7. The van der Waals surface area contributed by atoms with E-state index in [-0.39, 0.29) is 27.1 Å². The number of hydrogen-bond donors (Lipinski definition) is 0. The van der Waals surface area contributed by atoms with E-state index in [1.807, 2.05) is 0 Å². The van der Waals surface area contributed by atoms with Crippen LogP contribution in [0.5, 0.6) is 0 Å². The molecule has 0 saturated carbocycles. The number of anilines is 9. The van der Waals surface area contributed by atoms with Gasteiger partial charge in [0.1, 0.15) is 0 Å². The lowest BCUT2D eigenvalue weighted by Gasteiger charge is -2.37. The molecule has 15 aromatic rings. The molecule has 4 heteroatoms. The van der Waals surface area contributed by atoms with Crippen LogP contribution in [0.4, 0.5) is 51.2 Å². The van der Waals surface area contributed by atoms with Crippen LogP contribution in [0.1, 0.15) is 150 Å². The molecule has 0 amide bonds. The summed E-state index contributed by atoms with van der Waals surface area (Å²) in [5, 5.41) is 2.41. The van der Waals surface area contributed by atoms with Crippen molar-refractivity contribution in [3.05, 3.63) is 358 Å². The molecule has 21 rings (SSSR count). The highest BCUT2D eigenvalue weighted by Gasteiger charge is 2.44. The second-order valence-corrected chi connectivity index (χ2v) is 34.1. The van der Waals surface area contributed by atoms with Crippen molar-refractivity contribution >= 4 is 73.0 Å². The summed E-state index contributed by atoms with van der Waals surface area (Å²) in [7, 11) is 0. The molecule has 4 nitrogen and oxygen atoms in total. The number of fused-ring (bicyclic) bond motifs is 20. The van der Waals surface area contributed by atoms with Crippen LogP contribution in [0.3, 0.4) is 0 Å². The topological polar surface area (TPSA) is 14.7 Å². The minimum atomic E-state index is -0.527. The highest BCUT2D eigenvalue weighted by atomic mass is 15.2. The van der Waals surface area contributed by atoms with E-state index in [0.717, 1.165) is 51.2 Å². The van der Waals surface area contributed by atoms with Gasteiger partial charge in [0.15, 0.2) is 0 Å². The molecule has 0 radical (unpaired) electrons. The van der Waals surface area contributed by atoms with Crippen molar-refractivity contribution in [2.45, 2.75) is 116 Å². The van der Waals surface area contributed by atoms with E-state index >= 15 is 0 Å². The number of para-hydroxylation sites is 1. The zero-order valence-electron chi connectivity index (χ0n) is 62.5. The van der Waals surface area contributed by atoms with E-state index in [2.05, 4.69) is 394 Å². The van der Waals surface area contributed by atoms with Gasteiger partial charge in [-0.15, -0.1) is 0 Å². The third kappa shape index (κ3) is 8.41. The first-order valence-corrected chi connectivity index (χ1v) is 38.1. The quantitative estimate of drug-likeness (QED) is 0.143. The third-order valence-electron chi connectivity index (χ3n) is 26.3. The monoisotopic (exact) mass is 1360 g/mol.